The van der Waals surface area contributed by atoms with E-state index in [4.69, 9.17) is 4.74 Å². The second kappa shape index (κ2) is 8.23. The quantitative estimate of drug-likeness (QED) is 0.813. The molecule has 0 aliphatic carbocycles. The lowest BCUT2D eigenvalue weighted by atomic mass is 9.96. The summed E-state index contributed by atoms with van der Waals surface area (Å²) >= 11 is 0. The minimum atomic E-state index is -0.0985. The lowest BCUT2D eigenvalue weighted by Crippen LogP contribution is -2.50. The van der Waals surface area contributed by atoms with Crippen molar-refractivity contribution < 1.29 is 9.53 Å². The lowest BCUT2D eigenvalue weighted by molar-refractivity contribution is 0.112. The average Bonchev–Trinajstić information content (AvgIpc) is 2.91. The third kappa shape index (κ3) is 4.30. The molecule has 2 heterocycles. The molecule has 2 aliphatic rings. The summed E-state index contributed by atoms with van der Waals surface area (Å²) in [5.41, 5.74) is 3.31. The molecule has 2 amide bonds. The largest absolute Gasteiger partial charge is 0.497 e. The fourth-order valence-corrected chi connectivity index (χ4v) is 4.67. The molecule has 5 heteroatoms. The van der Waals surface area contributed by atoms with E-state index in [1.165, 1.54) is 18.4 Å². The first kappa shape index (κ1) is 18.8. The molecular formula is C23H29N3O2. The van der Waals surface area contributed by atoms with Gasteiger partial charge < -0.3 is 15.4 Å². The minimum Gasteiger partial charge on any atom is -0.497 e. The third-order valence-electron chi connectivity index (χ3n) is 6.02. The van der Waals surface area contributed by atoms with Crippen LogP contribution in [-0.4, -0.2) is 36.2 Å². The number of benzene rings is 2. The Balaban J connectivity index is 1.32. The molecule has 2 unspecified atom stereocenters. The predicted molar refractivity (Wildman–Crippen MR) is 112 cm³/mol. The van der Waals surface area contributed by atoms with Crippen LogP contribution in [0.2, 0.25) is 0 Å². The number of hydrogen-bond acceptors (Lipinski definition) is 3. The fourth-order valence-electron chi connectivity index (χ4n) is 4.67. The van der Waals surface area contributed by atoms with Gasteiger partial charge in [0.05, 0.1) is 7.11 Å². The highest BCUT2D eigenvalue weighted by atomic mass is 16.5. The van der Waals surface area contributed by atoms with Crippen molar-refractivity contribution in [3.63, 3.8) is 0 Å². The zero-order chi connectivity index (χ0) is 19.5. The molecule has 2 aromatic rings. The highest BCUT2D eigenvalue weighted by Gasteiger charge is 2.40. The van der Waals surface area contributed by atoms with Crippen LogP contribution in [0, 0.1) is 6.92 Å². The van der Waals surface area contributed by atoms with Crippen LogP contribution in [-0.2, 0) is 6.54 Å². The number of fused-ring (bicyclic) bond motifs is 2. The molecular weight excluding hydrogens is 350 g/mol. The molecule has 0 spiro atoms. The zero-order valence-corrected chi connectivity index (χ0v) is 16.7. The van der Waals surface area contributed by atoms with Crippen LogP contribution >= 0.6 is 0 Å². The van der Waals surface area contributed by atoms with Gasteiger partial charge in [0.15, 0.2) is 0 Å². The summed E-state index contributed by atoms with van der Waals surface area (Å²) in [6, 6.07) is 17.5. The van der Waals surface area contributed by atoms with Crippen LogP contribution < -0.4 is 15.4 Å². The summed E-state index contributed by atoms with van der Waals surface area (Å²) in [7, 11) is 1.70. The number of carbonyl (C=O) groups excluding carboxylic acids is 1. The molecule has 2 atom stereocenters. The van der Waals surface area contributed by atoms with E-state index in [9.17, 15) is 4.79 Å². The zero-order valence-electron chi connectivity index (χ0n) is 16.7. The van der Waals surface area contributed by atoms with Gasteiger partial charge in [0.2, 0.25) is 0 Å². The van der Waals surface area contributed by atoms with Gasteiger partial charge in [0, 0.05) is 30.4 Å². The van der Waals surface area contributed by atoms with Gasteiger partial charge in [-0.1, -0.05) is 24.3 Å². The highest BCUT2D eigenvalue weighted by Crippen LogP contribution is 2.37. The number of hydrogen-bond donors (Lipinski definition) is 2. The Kier molecular flexibility index (Phi) is 5.53. The number of methoxy groups -OCH3 is 1. The smallest absolute Gasteiger partial charge is 0.319 e. The number of nitrogens with zero attached hydrogens (tertiary/aromatic N) is 1. The van der Waals surface area contributed by atoms with Crippen LogP contribution in [0.3, 0.4) is 0 Å². The van der Waals surface area contributed by atoms with E-state index in [1.807, 2.05) is 43.3 Å². The highest BCUT2D eigenvalue weighted by molar-refractivity contribution is 5.89. The number of amides is 2. The van der Waals surface area contributed by atoms with Gasteiger partial charge in [0.25, 0.3) is 0 Å². The average molecular weight is 380 g/mol. The summed E-state index contributed by atoms with van der Waals surface area (Å²) in [5.74, 6) is 0.897. The molecule has 4 rings (SSSR count). The van der Waals surface area contributed by atoms with E-state index < -0.39 is 0 Å². The van der Waals surface area contributed by atoms with E-state index in [0.717, 1.165) is 36.4 Å². The maximum atomic E-state index is 12.4. The Labute approximate surface area is 167 Å². The molecule has 28 heavy (non-hydrogen) atoms. The number of ether oxygens (including phenoxy) is 1. The first-order chi connectivity index (χ1) is 13.6. The third-order valence-corrected chi connectivity index (χ3v) is 6.02. The minimum absolute atomic E-state index is 0.0985. The van der Waals surface area contributed by atoms with Crippen molar-refractivity contribution in [2.45, 2.75) is 57.3 Å². The number of rotatable bonds is 5. The molecule has 2 aliphatic heterocycles. The van der Waals surface area contributed by atoms with Crippen molar-refractivity contribution in [2.24, 2.45) is 0 Å². The Bertz CT molecular complexity index is 807. The van der Waals surface area contributed by atoms with Crippen molar-refractivity contribution in [3.05, 3.63) is 59.7 Å². The van der Waals surface area contributed by atoms with Gasteiger partial charge in [0.1, 0.15) is 5.75 Å². The molecule has 2 N–H and O–H groups in total. The van der Waals surface area contributed by atoms with Gasteiger partial charge >= 0.3 is 6.03 Å². The molecule has 5 nitrogen and oxygen atoms in total. The van der Waals surface area contributed by atoms with Crippen molar-refractivity contribution in [1.29, 1.82) is 0 Å². The van der Waals surface area contributed by atoms with Crippen molar-refractivity contribution in [3.8, 4) is 5.75 Å². The standard InChI is InChI=1S/C23H29N3O2/c1-16-4-3-5-18(12-16)24-23(27)25-19-13-20-8-9-21(14-19)26(20)15-17-6-10-22(28-2)11-7-17/h3-7,10-12,19-21H,8-9,13-15H2,1-2H3,(H2,24,25,27). The Morgan fingerprint density at radius 3 is 2.46 bits per heavy atom. The van der Waals surface area contributed by atoms with E-state index >= 15 is 0 Å². The normalized spacial score (nSPS) is 24.0. The van der Waals surface area contributed by atoms with Crippen LogP contribution in [0.15, 0.2) is 48.5 Å². The number of anilines is 1. The molecule has 2 fully saturated rings. The molecule has 2 aromatic carbocycles. The molecule has 0 saturated carbocycles. The number of nitrogens with one attached hydrogen (secondary N) is 2. The number of urea groups is 1. The number of piperidine rings is 1. The van der Waals surface area contributed by atoms with Crippen LogP contribution in [0.1, 0.15) is 36.8 Å². The molecule has 0 aromatic heterocycles. The summed E-state index contributed by atoms with van der Waals surface area (Å²) in [6.45, 7) is 3.00. The SMILES string of the molecule is COc1ccc(CN2C3CCC2CC(NC(=O)Nc2cccc(C)c2)C3)cc1. The second-order valence-corrected chi connectivity index (χ2v) is 8.04. The summed E-state index contributed by atoms with van der Waals surface area (Å²) in [4.78, 5) is 15.0. The van der Waals surface area contributed by atoms with Crippen molar-refractivity contribution in [1.82, 2.24) is 10.2 Å². The lowest BCUT2D eigenvalue weighted by Gasteiger charge is -2.39. The fraction of sp³-hybridized carbons (Fsp3) is 0.435. The van der Waals surface area contributed by atoms with E-state index in [-0.39, 0.29) is 12.1 Å². The van der Waals surface area contributed by atoms with Gasteiger partial charge in [-0.25, -0.2) is 4.79 Å². The topological polar surface area (TPSA) is 53.6 Å². The predicted octanol–water partition coefficient (Wildman–Crippen LogP) is 4.32. The second-order valence-electron chi connectivity index (χ2n) is 8.04. The van der Waals surface area contributed by atoms with Gasteiger partial charge in [-0.15, -0.1) is 0 Å². The van der Waals surface area contributed by atoms with E-state index in [1.54, 1.807) is 7.11 Å². The Morgan fingerprint density at radius 1 is 1.11 bits per heavy atom. The summed E-state index contributed by atoms with van der Waals surface area (Å²) < 4.78 is 5.25. The maximum Gasteiger partial charge on any atom is 0.319 e. The molecule has 0 radical (unpaired) electrons. The van der Waals surface area contributed by atoms with Gasteiger partial charge in [-0.2, -0.15) is 0 Å². The number of aryl methyl sites for hydroxylation is 1. The van der Waals surface area contributed by atoms with Crippen LogP contribution in [0.5, 0.6) is 5.75 Å². The van der Waals surface area contributed by atoms with Crippen molar-refractivity contribution in [2.75, 3.05) is 12.4 Å². The molecule has 148 valence electrons. The number of carbonyl (C=O) groups is 1. The van der Waals surface area contributed by atoms with Gasteiger partial charge in [-0.3, -0.25) is 4.90 Å². The van der Waals surface area contributed by atoms with E-state index in [2.05, 4.69) is 27.7 Å². The Hall–Kier alpha value is -2.53. The monoisotopic (exact) mass is 379 g/mol. The van der Waals surface area contributed by atoms with Crippen molar-refractivity contribution >= 4 is 11.7 Å². The first-order valence-corrected chi connectivity index (χ1v) is 10.1. The summed E-state index contributed by atoms with van der Waals surface area (Å²) in [6.07, 6.45) is 4.48. The molecule has 2 bridgehead atoms. The summed E-state index contributed by atoms with van der Waals surface area (Å²) in [5, 5.41) is 6.16. The van der Waals surface area contributed by atoms with Crippen LogP contribution in [0.4, 0.5) is 10.5 Å². The first-order valence-electron chi connectivity index (χ1n) is 10.1. The van der Waals surface area contributed by atoms with E-state index in [0.29, 0.717) is 12.1 Å². The van der Waals surface area contributed by atoms with Gasteiger partial charge in [-0.05, 0) is 68.0 Å². The maximum absolute atomic E-state index is 12.4. The van der Waals surface area contributed by atoms with Crippen LogP contribution in [0.25, 0.3) is 0 Å². The molecule has 2 saturated heterocycles. The Morgan fingerprint density at radius 2 is 1.82 bits per heavy atom.